The predicted molar refractivity (Wildman–Crippen MR) is 146 cm³/mol. The van der Waals surface area contributed by atoms with Gasteiger partial charge in [-0.1, -0.05) is 84.4 Å². The van der Waals surface area contributed by atoms with E-state index in [0.29, 0.717) is 0 Å². The van der Waals surface area contributed by atoms with Gasteiger partial charge in [-0.2, -0.15) is 0 Å². The molecule has 160 valence electrons. The fourth-order valence-corrected chi connectivity index (χ4v) is 6.18. The number of fused-ring (bicyclic) bond motifs is 5. The van der Waals surface area contributed by atoms with Crippen molar-refractivity contribution < 1.29 is 0 Å². The Morgan fingerprint density at radius 1 is 0.500 bits per heavy atom. The summed E-state index contributed by atoms with van der Waals surface area (Å²) >= 11 is 8.38. The summed E-state index contributed by atoms with van der Waals surface area (Å²) in [5.41, 5.74) is 5.65. The predicted octanol–water partition coefficient (Wildman–Crippen LogP) is 9.14. The van der Waals surface area contributed by atoms with Crippen molar-refractivity contribution in [3.8, 4) is 22.5 Å². The Labute approximate surface area is 205 Å². The molecule has 2 heterocycles. The van der Waals surface area contributed by atoms with Crippen molar-refractivity contribution in [3.63, 3.8) is 0 Å². The highest BCUT2D eigenvalue weighted by molar-refractivity contribution is 7.25. The third kappa shape index (κ3) is 2.95. The Kier molecular flexibility index (Phi) is 4.41. The van der Waals surface area contributed by atoms with E-state index in [0.717, 1.165) is 49.3 Å². The lowest BCUT2D eigenvalue weighted by Crippen LogP contribution is -1.96. The van der Waals surface area contributed by atoms with E-state index in [1.54, 1.807) is 0 Å². The summed E-state index contributed by atoms with van der Waals surface area (Å²) in [5.74, 6) is 0. The fraction of sp³-hybridized carbons (Fsp3) is 0. The minimum atomic E-state index is 0.737. The van der Waals surface area contributed by atoms with Gasteiger partial charge in [0, 0.05) is 41.7 Å². The molecule has 0 aliphatic carbocycles. The van der Waals surface area contributed by atoms with E-state index in [1.165, 1.54) is 20.2 Å². The van der Waals surface area contributed by atoms with E-state index >= 15 is 0 Å². The molecule has 5 aromatic carbocycles. The van der Waals surface area contributed by atoms with Crippen LogP contribution in [0.1, 0.15) is 0 Å². The molecule has 0 fully saturated rings. The summed E-state index contributed by atoms with van der Waals surface area (Å²) < 4.78 is 2.53. The van der Waals surface area contributed by atoms with Gasteiger partial charge in [-0.3, -0.25) is 0 Å². The highest BCUT2D eigenvalue weighted by Gasteiger charge is 2.19. The lowest BCUT2D eigenvalue weighted by atomic mass is 9.96. The number of hydrogen-bond acceptors (Lipinski definition) is 3. The molecule has 0 saturated carbocycles. The van der Waals surface area contributed by atoms with Crippen LogP contribution in [0.25, 0.3) is 64.5 Å². The minimum Gasteiger partial charge on any atom is -0.244 e. The molecule has 0 unspecified atom stereocenters. The molecule has 0 bridgehead atoms. The summed E-state index contributed by atoms with van der Waals surface area (Å²) in [5, 5.41) is 5.30. The van der Waals surface area contributed by atoms with Crippen LogP contribution < -0.4 is 0 Å². The van der Waals surface area contributed by atoms with Gasteiger partial charge in [-0.25, -0.2) is 9.97 Å². The van der Waals surface area contributed by atoms with Gasteiger partial charge in [0.1, 0.15) is 0 Å². The fourth-order valence-electron chi connectivity index (χ4n) is 4.82. The van der Waals surface area contributed by atoms with Crippen LogP contribution in [0.5, 0.6) is 0 Å². The number of rotatable bonds is 2. The normalized spacial score (nSPS) is 11.7. The molecule has 2 aromatic heterocycles. The van der Waals surface area contributed by atoms with E-state index in [4.69, 9.17) is 21.6 Å². The van der Waals surface area contributed by atoms with Gasteiger partial charge < -0.3 is 0 Å². The molecule has 0 aliphatic heterocycles. The Morgan fingerprint density at radius 3 is 1.91 bits per heavy atom. The van der Waals surface area contributed by atoms with Gasteiger partial charge in [0.05, 0.1) is 22.4 Å². The minimum absolute atomic E-state index is 0.737. The van der Waals surface area contributed by atoms with Crippen molar-refractivity contribution >= 4 is 64.9 Å². The molecule has 7 aromatic rings. The van der Waals surface area contributed by atoms with Gasteiger partial charge >= 0.3 is 0 Å². The van der Waals surface area contributed by atoms with Gasteiger partial charge in [0.15, 0.2) is 0 Å². The SMILES string of the molecule is Clc1ccc(-c2nc3ccccc3nc2-c2cccc3sc4ccccc4c23)c2ccccc12. The van der Waals surface area contributed by atoms with Gasteiger partial charge in [-0.05, 0) is 35.7 Å². The standard InChI is InChI=1S/C30H17ClN2S/c31-23-17-16-20(18-8-1-2-9-19(18)23)29-30(33-25-13-5-4-12-24(25)32-29)22-11-7-15-27-28(22)21-10-3-6-14-26(21)34-27/h1-17H. The highest BCUT2D eigenvalue weighted by Crippen LogP contribution is 2.43. The van der Waals surface area contributed by atoms with Gasteiger partial charge in [0.2, 0.25) is 0 Å². The smallest absolute Gasteiger partial charge is 0.0980 e. The average Bonchev–Trinajstić information content (AvgIpc) is 3.27. The molecule has 0 saturated heterocycles. The van der Waals surface area contributed by atoms with E-state index in [9.17, 15) is 0 Å². The quantitative estimate of drug-likeness (QED) is 0.250. The van der Waals surface area contributed by atoms with Crippen LogP contribution in [0.15, 0.2) is 103 Å². The van der Waals surface area contributed by atoms with Crippen LogP contribution >= 0.6 is 22.9 Å². The highest BCUT2D eigenvalue weighted by atomic mass is 35.5. The number of nitrogens with zero attached hydrogens (tertiary/aromatic N) is 2. The van der Waals surface area contributed by atoms with E-state index in [2.05, 4.69) is 60.7 Å². The number of thiophene rings is 1. The summed E-state index contributed by atoms with van der Waals surface area (Å²) in [7, 11) is 0. The maximum Gasteiger partial charge on any atom is 0.0980 e. The van der Waals surface area contributed by atoms with Crippen molar-refractivity contribution in [2.45, 2.75) is 0 Å². The lowest BCUT2D eigenvalue weighted by Gasteiger charge is -2.14. The molecule has 0 aliphatic rings. The second kappa shape index (κ2) is 7.63. The number of aromatic nitrogens is 2. The molecule has 4 heteroatoms. The summed E-state index contributed by atoms with van der Waals surface area (Å²) in [4.78, 5) is 10.4. The molecule has 0 spiro atoms. The van der Waals surface area contributed by atoms with E-state index < -0.39 is 0 Å². The van der Waals surface area contributed by atoms with E-state index in [1.807, 2.05) is 53.8 Å². The molecule has 0 radical (unpaired) electrons. The molecule has 34 heavy (non-hydrogen) atoms. The van der Waals surface area contributed by atoms with Gasteiger partial charge in [0.25, 0.3) is 0 Å². The molecular weight excluding hydrogens is 456 g/mol. The third-order valence-electron chi connectivity index (χ3n) is 6.35. The molecule has 2 nitrogen and oxygen atoms in total. The first kappa shape index (κ1) is 19.7. The van der Waals surface area contributed by atoms with Gasteiger partial charge in [-0.15, -0.1) is 11.3 Å². The summed E-state index contributed by atoms with van der Waals surface area (Å²) in [6.07, 6.45) is 0. The summed E-state index contributed by atoms with van der Waals surface area (Å²) in [6, 6.07) is 35.4. The van der Waals surface area contributed by atoms with Crippen LogP contribution in [0.3, 0.4) is 0 Å². The van der Waals surface area contributed by atoms with Crippen LogP contribution in [-0.4, -0.2) is 9.97 Å². The number of halogens is 1. The zero-order chi connectivity index (χ0) is 22.6. The number of hydrogen-bond donors (Lipinski definition) is 0. The number of para-hydroxylation sites is 2. The first-order valence-electron chi connectivity index (χ1n) is 11.1. The molecule has 0 atom stereocenters. The molecule has 7 rings (SSSR count). The third-order valence-corrected chi connectivity index (χ3v) is 7.82. The Balaban J connectivity index is 1.64. The van der Waals surface area contributed by atoms with Crippen LogP contribution in [0, 0.1) is 0 Å². The van der Waals surface area contributed by atoms with Crippen molar-refractivity contribution in [2.75, 3.05) is 0 Å². The molecular formula is C30H17ClN2S. The Bertz CT molecular complexity index is 1890. The van der Waals surface area contributed by atoms with E-state index in [-0.39, 0.29) is 0 Å². The zero-order valence-electron chi connectivity index (χ0n) is 18.0. The first-order chi connectivity index (χ1) is 16.8. The topological polar surface area (TPSA) is 25.8 Å². The average molecular weight is 473 g/mol. The van der Waals surface area contributed by atoms with Crippen LogP contribution in [0.4, 0.5) is 0 Å². The Hall–Kier alpha value is -3.79. The van der Waals surface area contributed by atoms with Crippen molar-refractivity contribution in [1.29, 1.82) is 0 Å². The second-order valence-electron chi connectivity index (χ2n) is 8.33. The summed E-state index contributed by atoms with van der Waals surface area (Å²) in [6.45, 7) is 0. The number of benzene rings is 5. The molecule has 0 amide bonds. The monoisotopic (exact) mass is 472 g/mol. The van der Waals surface area contributed by atoms with Crippen LogP contribution in [0.2, 0.25) is 5.02 Å². The van der Waals surface area contributed by atoms with Crippen molar-refractivity contribution in [3.05, 3.63) is 108 Å². The maximum absolute atomic E-state index is 6.56. The van der Waals surface area contributed by atoms with Crippen molar-refractivity contribution in [1.82, 2.24) is 9.97 Å². The largest absolute Gasteiger partial charge is 0.244 e. The second-order valence-corrected chi connectivity index (χ2v) is 9.82. The Morgan fingerprint density at radius 2 is 1.12 bits per heavy atom. The first-order valence-corrected chi connectivity index (χ1v) is 12.3. The van der Waals surface area contributed by atoms with Crippen LogP contribution in [-0.2, 0) is 0 Å². The maximum atomic E-state index is 6.56. The molecule has 0 N–H and O–H groups in total. The lowest BCUT2D eigenvalue weighted by molar-refractivity contribution is 1.30. The zero-order valence-corrected chi connectivity index (χ0v) is 19.6. The van der Waals surface area contributed by atoms with Crippen molar-refractivity contribution in [2.24, 2.45) is 0 Å².